The van der Waals surface area contributed by atoms with Gasteiger partial charge in [0.05, 0.1) is 11.4 Å². The summed E-state index contributed by atoms with van der Waals surface area (Å²) in [7, 11) is -2.56. The smallest absolute Gasteiger partial charge is 0.243 e. The van der Waals surface area contributed by atoms with E-state index in [2.05, 4.69) is 5.32 Å². The van der Waals surface area contributed by atoms with Gasteiger partial charge < -0.3 is 10.2 Å². The number of hydrogen-bond donors (Lipinski definition) is 1. The average molecular weight is 494 g/mol. The molecule has 9 heteroatoms. The molecule has 7 nitrogen and oxygen atoms in total. The lowest BCUT2D eigenvalue weighted by Gasteiger charge is -2.32. The van der Waals surface area contributed by atoms with Crippen molar-refractivity contribution in [3.8, 4) is 0 Å². The van der Waals surface area contributed by atoms with Crippen LogP contribution in [-0.4, -0.2) is 55.1 Å². The van der Waals surface area contributed by atoms with E-state index in [-0.39, 0.29) is 23.4 Å². The van der Waals surface area contributed by atoms with Gasteiger partial charge >= 0.3 is 0 Å². The Bertz CT molecular complexity index is 1070. The number of nitrogens with zero attached hydrogens (tertiary/aromatic N) is 2. The van der Waals surface area contributed by atoms with E-state index in [9.17, 15) is 18.0 Å². The van der Waals surface area contributed by atoms with E-state index in [1.54, 1.807) is 0 Å². The first-order valence-electron chi connectivity index (χ1n) is 10.8. The quantitative estimate of drug-likeness (QED) is 0.547. The Morgan fingerprint density at radius 1 is 1.09 bits per heavy atom. The van der Waals surface area contributed by atoms with E-state index in [4.69, 9.17) is 11.6 Å². The third kappa shape index (κ3) is 7.28. The monoisotopic (exact) mass is 493 g/mol. The van der Waals surface area contributed by atoms with Gasteiger partial charge in [0, 0.05) is 24.7 Å². The van der Waals surface area contributed by atoms with Gasteiger partial charge in [-0.1, -0.05) is 48.4 Å². The molecule has 33 heavy (non-hydrogen) atoms. The van der Waals surface area contributed by atoms with Crippen LogP contribution in [0, 0.1) is 6.92 Å². The van der Waals surface area contributed by atoms with Crippen LogP contribution in [0.5, 0.6) is 0 Å². The van der Waals surface area contributed by atoms with Crippen LogP contribution in [0.25, 0.3) is 0 Å². The highest BCUT2D eigenvalue weighted by atomic mass is 35.5. The van der Waals surface area contributed by atoms with E-state index >= 15 is 0 Å². The van der Waals surface area contributed by atoms with E-state index in [0.717, 1.165) is 15.4 Å². The number of halogens is 1. The standard InChI is InChI=1S/C24H32ClN3O4S/c1-6-22(24(30)26-17(2)3)28(15-19-9-7-8-18(4)14-19)23(29)16-27(5)33(31,32)21-12-10-20(25)11-13-21/h7-14,17,22H,6,15-16H2,1-5H3,(H,26,30). The summed E-state index contributed by atoms with van der Waals surface area (Å²) in [6, 6.07) is 12.6. The number of rotatable bonds is 10. The zero-order valence-electron chi connectivity index (χ0n) is 19.7. The van der Waals surface area contributed by atoms with Gasteiger partial charge in [-0.25, -0.2) is 8.42 Å². The summed E-state index contributed by atoms with van der Waals surface area (Å²) in [5.41, 5.74) is 1.89. The first-order chi connectivity index (χ1) is 15.4. The molecule has 2 aromatic carbocycles. The Morgan fingerprint density at radius 2 is 1.73 bits per heavy atom. The number of carbonyl (C=O) groups excluding carboxylic acids is 2. The molecule has 2 aromatic rings. The number of amides is 2. The van der Waals surface area contributed by atoms with Gasteiger partial charge in [0.25, 0.3) is 0 Å². The maximum Gasteiger partial charge on any atom is 0.243 e. The number of carbonyl (C=O) groups is 2. The lowest BCUT2D eigenvalue weighted by molar-refractivity contribution is -0.141. The molecule has 0 spiro atoms. The van der Waals surface area contributed by atoms with Crippen LogP contribution < -0.4 is 5.32 Å². The van der Waals surface area contributed by atoms with Crippen LogP contribution >= 0.6 is 11.6 Å². The van der Waals surface area contributed by atoms with Gasteiger partial charge in [-0.05, 0) is 57.0 Å². The average Bonchev–Trinajstić information content (AvgIpc) is 2.73. The molecule has 2 rings (SSSR count). The SMILES string of the molecule is CCC(C(=O)NC(C)C)N(Cc1cccc(C)c1)C(=O)CN(C)S(=O)(=O)c1ccc(Cl)cc1. The van der Waals surface area contributed by atoms with Crippen molar-refractivity contribution in [3.05, 3.63) is 64.7 Å². The maximum atomic E-state index is 13.4. The van der Waals surface area contributed by atoms with Crippen LogP contribution in [0.3, 0.4) is 0 Å². The molecule has 180 valence electrons. The van der Waals surface area contributed by atoms with Crippen LogP contribution in [0.4, 0.5) is 0 Å². The fraction of sp³-hybridized carbons (Fsp3) is 0.417. The van der Waals surface area contributed by atoms with Crippen LogP contribution in [-0.2, 0) is 26.2 Å². The Labute approximate surface area is 201 Å². The second kappa shape index (κ2) is 11.6. The molecule has 1 N–H and O–H groups in total. The summed E-state index contributed by atoms with van der Waals surface area (Å²) in [6.45, 7) is 7.27. The zero-order valence-corrected chi connectivity index (χ0v) is 21.3. The van der Waals surface area contributed by atoms with Crippen LogP contribution in [0.2, 0.25) is 5.02 Å². The molecule has 0 heterocycles. The number of nitrogens with one attached hydrogen (secondary N) is 1. The second-order valence-electron chi connectivity index (χ2n) is 8.31. The van der Waals surface area contributed by atoms with Crippen molar-refractivity contribution >= 4 is 33.4 Å². The van der Waals surface area contributed by atoms with E-state index in [1.165, 1.54) is 36.2 Å². The van der Waals surface area contributed by atoms with Gasteiger partial charge in [-0.2, -0.15) is 4.31 Å². The van der Waals surface area contributed by atoms with Crippen LogP contribution in [0.1, 0.15) is 38.3 Å². The summed E-state index contributed by atoms with van der Waals surface area (Å²) >= 11 is 5.86. The molecule has 0 aliphatic carbocycles. The molecule has 2 amide bonds. The third-order valence-electron chi connectivity index (χ3n) is 5.13. The Morgan fingerprint density at radius 3 is 2.27 bits per heavy atom. The largest absolute Gasteiger partial charge is 0.352 e. The molecular weight excluding hydrogens is 462 g/mol. The summed E-state index contributed by atoms with van der Waals surface area (Å²) in [6.07, 6.45) is 0.393. The number of sulfonamides is 1. The van der Waals surface area contributed by atoms with Gasteiger partial charge in [-0.15, -0.1) is 0 Å². The van der Waals surface area contributed by atoms with Gasteiger partial charge in [-0.3, -0.25) is 9.59 Å². The summed E-state index contributed by atoms with van der Waals surface area (Å²) in [4.78, 5) is 27.8. The molecule has 1 atom stereocenters. The minimum absolute atomic E-state index is 0.0389. The zero-order chi connectivity index (χ0) is 24.8. The summed E-state index contributed by atoms with van der Waals surface area (Å²) < 4.78 is 26.9. The van der Waals surface area contributed by atoms with Gasteiger partial charge in [0.2, 0.25) is 21.8 Å². The molecule has 0 saturated carbocycles. The fourth-order valence-corrected chi connectivity index (χ4v) is 4.71. The maximum absolute atomic E-state index is 13.4. The van der Waals surface area contributed by atoms with Crippen molar-refractivity contribution in [2.75, 3.05) is 13.6 Å². The molecule has 0 radical (unpaired) electrons. The van der Waals surface area contributed by atoms with Crippen molar-refractivity contribution in [2.45, 2.75) is 57.6 Å². The normalized spacial score (nSPS) is 12.6. The summed E-state index contributed by atoms with van der Waals surface area (Å²) in [5.74, 6) is -0.723. The van der Waals surface area contributed by atoms with Crippen molar-refractivity contribution in [1.82, 2.24) is 14.5 Å². The number of likely N-dealkylation sites (N-methyl/N-ethyl adjacent to an activating group) is 1. The topological polar surface area (TPSA) is 86.8 Å². The van der Waals surface area contributed by atoms with Crippen molar-refractivity contribution in [2.24, 2.45) is 0 Å². The molecule has 0 aromatic heterocycles. The number of hydrogen-bond acceptors (Lipinski definition) is 4. The molecule has 0 saturated heterocycles. The first kappa shape index (κ1) is 26.8. The Balaban J connectivity index is 2.33. The molecule has 0 aliphatic rings. The minimum Gasteiger partial charge on any atom is -0.352 e. The number of aryl methyl sites for hydroxylation is 1. The van der Waals surface area contributed by atoms with Crippen molar-refractivity contribution in [1.29, 1.82) is 0 Å². The van der Waals surface area contributed by atoms with Gasteiger partial charge in [0.15, 0.2) is 0 Å². The molecule has 0 aliphatic heterocycles. The predicted molar refractivity (Wildman–Crippen MR) is 130 cm³/mol. The lowest BCUT2D eigenvalue weighted by atomic mass is 10.1. The molecule has 0 fully saturated rings. The van der Waals surface area contributed by atoms with Crippen molar-refractivity contribution in [3.63, 3.8) is 0 Å². The Hall–Kier alpha value is -2.42. The van der Waals surface area contributed by atoms with Crippen LogP contribution in [0.15, 0.2) is 53.4 Å². The molecule has 1 unspecified atom stereocenters. The molecule has 0 bridgehead atoms. The Kier molecular flexibility index (Phi) is 9.46. The van der Waals surface area contributed by atoms with E-state index in [1.807, 2.05) is 52.0 Å². The second-order valence-corrected chi connectivity index (χ2v) is 10.8. The van der Waals surface area contributed by atoms with Gasteiger partial charge in [0.1, 0.15) is 6.04 Å². The van der Waals surface area contributed by atoms with E-state index < -0.39 is 28.5 Å². The minimum atomic E-state index is -3.91. The highest BCUT2D eigenvalue weighted by molar-refractivity contribution is 7.89. The lowest BCUT2D eigenvalue weighted by Crippen LogP contribution is -2.52. The third-order valence-corrected chi connectivity index (χ3v) is 7.20. The highest BCUT2D eigenvalue weighted by Crippen LogP contribution is 2.19. The first-order valence-corrected chi connectivity index (χ1v) is 12.6. The highest BCUT2D eigenvalue weighted by Gasteiger charge is 2.32. The number of benzene rings is 2. The molecular formula is C24H32ClN3O4S. The predicted octanol–water partition coefficient (Wildman–Crippen LogP) is 3.60. The van der Waals surface area contributed by atoms with Crippen molar-refractivity contribution < 1.29 is 18.0 Å². The summed E-state index contributed by atoms with van der Waals surface area (Å²) in [5, 5.41) is 3.28. The fourth-order valence-electron chi connectivity index (χ4n) is 3.46. The van der Waals surface area contributed by atoms with E-state index in [0.29, 0.717) is 11.4 Å².